The summed E-state index contributed by atoms with van der Waals surface area (Å²) in [4.78, 5) is 46.1. The molecule has 1 fully saturated rings. The fourth-order valence-electron chi connectivity index (χ4n) is 4.45. The number of carbonyl (C=O) groups excluding carboxylic acids is 3. The van der Waals surface area contributed by atoms with Crippen LogP contribution in [-0.2, 0) is 30.4 Å². The first-order valence-electron chi connectivity index (χ1n) is 13.4. The number of likely N-dealkylation sites (tertiary alicyclic amines) is 1. The number of rotatable bonds is 13. The molecule has 40 heavy (non-hydrogen) atoms. The SMILES string of the molecule is Cc1ncsc1-c1ccc(CNC(=O)C2CC(O)CN2C(=O)[C@@H](NC(=O)COCCOCCN)C(C)(C)C)cc1. The summed E-state index contributed by atoms with van der Waals surface area (Å²) in [6.07, 6.45) is -0.715. The zero-order chi connectivity index (χ0) is 29.3. The molecule has 12 heteroatoms. The van der Waals surface area contributed by atoms with E-state index in [1.54, 1.807) is 11.3 Å². The van der Waals surface area contributed by atoms with Gasteiger partial charge in [0.05, 0.1) is 42.0 Å². The summed E-state index contributed by atoms with van der Waals surface area (Å²) in [6, 6.07) is 6.10. The maximum atomic E-state index is 13.6. The molecular formula is C28H41N5O6S. The summed E-state index contributed by atoms with van der Waals surface area (Å²) >= 11 is 1.58. The molecule has 0 saturated carbocycles. The lowest BCUT2D eigenvalue weighted by Gasteiger charge is -2.35. The fraction of sp³-hybridized carbons (Fsp3) is 0.571. The zero-order valence-corrected chi connectivity index (χ0v) is 24.5. The van der Waals surface area contributed by atoms with Crippen molar-refractivity contribution in [2.45, 2.75) is 58.8 Å². The number of amides is 3. The molecule has 3 atom stereocenters. The van der Waals surface area contributed by atoms with E-state index in [0.717, 1.165) is 21.7 Å². The lowest BCUT2D eigenvalue weighted by molar-refractivity contribution is -0.144. The molecule has 2 heterocycles. The number of thiazole rings is 1. The van der Waals surface area contributed by atoms with Crippen LogP contribution in [0.1, 0.15) is 38.4 Å². The molecular weight excluding hydrogens is 534 g/mol. The van der Waals surface area contributed by atoms with Gasteiger partial charge in [0.25, 0.3) is 0 Å². The number of aliphatic hydroxyl groups is 1. The molecule has 1 aromatic carbocycles. The van der Waals surface area contributed by atoms with Crippen LogP contribution in [0.15, 0.2) is 29.8 Å². The van der Waals surface area contributed by atoms with Gasteiger partial charge in [0.2, 0.25) is 17.7 Å². The highest BCUT2D eigenvalue weighted by Crippen LogP contribution is 2.28. The summed E-state index contributed by atoms with van der Waals surface area (Å²) in [5, 5.41) is 16.0. The van der Waals surface area contributed by atoms with Gasteiger partial charge in [-0.05, 0) is 23.5 Å². The van der Waals surface area contributed by atoms with E-state index in [-0.39, 0.29) is 38.6 Å². The molecule has 11 nitrogen and oxygen atoms in total. The van der Waals surface area contributed by atoms with Crippen LogP contribution in [0.4, 0.5) is 0 Å². The molecule has 3 rings (SSSR count). The minimum absolute atomic E-state index is 0.0112. The molecule has 2 aromatic rings. The van der Waals surface area contributed by atoms with Crippen LogP contribution in [0.25, 0.3) is 10.4 Å². The van der Waals surface area contributed by atoms with Crippen molar-refractivity contribution < 1.29 is 29.0 Å². The Balaban J connectivity index is 1.59. The second kappa shape index (κ2) is 14.6. The molecule has 2 unspecified atom stereocenters. The third-order valence-electron chi connectivity index (χ3n) is 6.58. The molecule has 1 aromatic heterocycles. The highest BCUT2D eigenvalue weighted by molar-refractivity contribution is 7.13. The minimum atomic E-state index is -0.916. The number of nitrogens with one attached hydrogen (secondary N) is 2. The van der Waals surface area contributed by atoms with Gasteiger partial charge in [-0.25, -0.2) is 4.98 Å². The number of benzene rings is 1. The second-order valence-electron chi connectivity index (χ2n) is 10.9. The Morgan fingerprint density at radius 1 is 1.18 bits per heavy atom. The Labute approximate surface area is 239 Å². The van der Waals surface area contributed by atoms with Crippen LogP contribution in [0.3, 0.4) is 0 Å². The smallest absolute Gasteiger partial charge is 0.246 e. The van der Waals surface area contributed by atoms with E-state index in [0.29, 0.717) is 19.8 Å². The van der Waals surface area contributed by atoms with E-state index in [2.05, 4.69) is 15.6 Å². The predicted molar refractivity (Wildman–Crippen MR) is 152 cm³/mol. The van der Waals surface area contributed by atoms with Gasteiger partial charge in [0, 0.05) is 26.1 Å². The van der Waals surface area contributed by atoms with Crippen molar-refractivity contribution in [3.05, 3.63) is 41.0 Å². The molecule has 3 amide bonds. The van der Waals surface area contributed by atoms with Crippen molar-refractivity contribution in [1.82, 2.24) is 20.5 Å². The monoisotopic (exact) mass is 575 g/mol. The van der Waals surface area contributed by atoms with Gasteiger partial charge in [0.15, 0.2) is 0 Å². The van der Waals surface area contributed by atoms with E-state index in [9.17, 15) is 19.5 Å². The van der Waals surface area contributed by atoms with E-state index in [4.69, 9.17) is 15.2 Å². The van der Waals surface area contributed by atoms with Crippen molar-refractivity contribution >= 4 is 29.1 Å². The van der Waals surface area contributed by atoms with Gasteiger partial charge in [-0.3, -0.25) is 14.4 Å². The second-order valence-corrected chi connectivity index (χ2v) is 11.8. The third-order valence-corrected chi connectivity index (χ3v) is 7.56. The average Bonchev–Trinajstić information content (AvgIpc) is 3.52. The van der Waals surface area contributed by atoms with Gasteiger partial charge < -0.3 is 35.8 Å². The highest BCUT2D eigenvalue weighted by atomic mass is 32.1. The number of β-amino-alcohol motifs (C(OH)–C–C–N with tert-alkyl or cyclic N) is 1. The van der Waals surface area contributed by atoms with Crippen LogP contribution in [-0.4, -0.2) is 90.4 Å². The number of hydrogen-bond acceptors (Lipinski definition) is 9. The lowest BCUT2D eigenvalue weighted by Crippen LogP contribution is -2.58. The van der Waals surface area contributed by atoms with Gasteiger partial charge >= 0.3 is 0 Å². The first-order chi connectivity index (χ1) is 19.0. The Bertz CT molecular complexity index is 1130. The van der Waals surface area contributed by atoms with Crippen molar-refractivity contribution in [2.24, 2.45) is 11.1 Å². The summed E-state index contributed by atoms with van der Waals surface area (Å²) in [7, 11) is 0. The lowest BCUT2D eigenvalue weighted by atomic mass is 9.85. The largest absolute Gasteiger partial charge is 0.391 e. The minimum Gasteiger partial charge on any atom is -0.391 e. The normalized spacial score (nSPS) is 18.0. The first-order valence-corrected chi connectivity index (χ1v) is 14.3. The Hall–Kier alpha value is -2.90. The quantitative estimate of drug-likeness (QED) is 0.260. The summed E-state index contributed by atoms with van der Waals surface area (Å²) < 4.78 is 10.6. The maximum absolute atomic E-state index is 13.6. The number of aryl methyl sites for hydroxylation is 1. The van der Waals surface area contributed by atoms with E-state index < -0.39 is 35.4 Å². The Morgan fingerprint density at radius 2 is 1.88 bits per heavy atom. The van der Waals surface area contributed by atoms with Crippen molar-refractivity contribution in [3.63, 3.8) is 0 Å². The van der Waals surface area contributed by atoms with Crippen molar-refractivity contribution in [2.75, 3.05) is 39.5 Å². The summed E-state index contributed by atoms with van der Waals surface area (Å²) in [5.74, 6) is -1.23. The summed E-state index contributed by atoms with van der Waals surface area (Å²) in [6.45, 7) is 8.85. The molecule has 0 aliphatic carbocycles. The standard InChI is InChI=1S/C28H41N5O6S/c1-18-24(40-17-31-18)20-7-5-19(6-8-20)14-30-26(36)22-13-21(34)15-33(22)27(37)25(28(2,3)4)32-23(35)16-39-12-11-38-10-9-29/h5-8,17,21-22,25,34H,9-16,29H2,1-4H3,(H,30,36)(H,32,35)/t21?,22?,25-/m1/s1. The van der Waals surface area contributed by atoms with E-state index in [1.165, 1.54) is 4.90 Å². The van der Waals surface area contributed by atoms with Crippen LogP contribution < -0.4 is 16.4 Å². The zero-order valence-electron chi connectivity index (χ0n) is 23.6. The first kappa shape index (κ1) is 31.6. The predicted octanol–water partition coefficient (Wildman–Crippen LogP) is 1.22. The van der Waals surface area contributed by atoms with Gasteiger partial charge in [-0.15, -0.1) is 11.3 Å². The van der Waals surface area contributed by atoms with Gasteiger partial charge in [-0.1, -0.05) is 45.0 Å². The average molecular weight is 576 g/mol. The van der Waals surface area contributed by atoms with Crippen molar-refractivity contribution in [3.8, 4) is 10.4 Å². The maximum Gasteiger partial charge on any atom is 0.246 e. The van der Waals surface area contributed by atoms with Crippen LogP contribution in [0.5, 0.6) is 0 Å². The van der Waals surface area contributed by atoms with Crippen LogP contribution in [0.2, 0.25) is 0 Å². The number of aliphatic hydroxyl groups excluding tert-OH is 1. The molecule has 0 radical (unpaired) electrons. The third kappa shape index (κ3) is 8.80. The Kier molecular flexibility index (Phi) is 11.6. The molecule has 1 saturated heterocycles. The molecule has 1 aliphatic rings. The molecule has 1 aliphatic heterocycles. The molecule has 0 bridgehead atoms. The number of aromatic nitrogens is 1. The van der Waals surface area contributed by atoms with Crippen LogP contribution >= 0.6 is 11.3 Å². The van der Waals surface area contributed by atoms with Gasteiger partial charge in [-0.2, -0.15) is 0 Å². The summed E-state index contributed by atoms with van der Waals surface area (Å²) in [5.41, 5.74) is 9.47. The number of hydrogen-bond donors (Lipinski definition) is 4. The molecule has 0 spiro atoms. The van der Waals surface area contributed by atoms with Crippen LogP contribution in [0, 0.1) is 12.3 Å². The molecule has 220 valence electrons. The number of carbonyl (C=O) groups is 3. The van der Waals surface area contributed by atoms with E-state index in [1.807, 2.05) is 57.5 Å². The fourth-order valence-corrected chi connectivity index (χ4v) is 5.26. The van der Waals surface area contributed by atoms with Crippen molar-refractivity contribution in [1.29, 1.82) is 0 Å². The van der Waals surface area contributed by atoms with E-state index >= 15 is 0 Å². The van der Waals surface area contributed by atoms with Gasteiger partial charge in [0.1, 0.15) is 18.7 Å². The topological polar surface area (TPSA) is 156 Å². The highest BCUT2D eigenvalue weighted by Gasteiger charge is 2.44. The number of nitrogens with two attached hydrogens (primary N) is 1. The molecule has 5 N–H and O–H groups in total. The number of ether oxygens (including phenoxy) is 2. The Morgan fingerprint density at radius 3 is 2.50 bits per heavy atom. The number of nitrogens with zero attached hydrogens (tertiary/aromatic N) is 2.